The molecule has 0 aliphatic rings. The maximum absolute atomic E-state index is 12.5. The van der Waals surface area contributed by atoms with Crippen LogP contribution in [0.2, 0.25) is 0 Å². The fourth-order valence-corrected chi connectivity index (χ4v) is 2.69. The molecule has 0 aliphatic heterocycles. The van der Waals surface area contributed by atoms with Crippen molar-refractivity contribution < 1.29 is 9.47 Å². The van der Waals surface area contributed by atoms with Crippen LogP contribution in [0.15, 0.2) is 40.1 Å². The molecule has 1 heterocycles. The third kappa shape index (κ3) is 5.68. The molecule has 6 heteroatoms. The van der Waals surface area contributed by atoms with Crippen LogP contribution >= 0.6 is 0 Å². The van der Waals surface area contributed by atoms with Gasteiger partial charge in [-0.3, -0.25) is 9.36 Å². The summed E-state index contributed by atoms with van der Waals surface area (Å²) in [6, 6.07) is 8.03. The van der Waals surface area contributed by atoms with Crippen LogP contribution in [-0.4, -0.2) is 23.4 Å². The molecule has 0 unspecified atom stereocenters. The van der Waals surface area contributed by atoms with Crippen LogP contribution in [0.25, 0.3) is 0 Å². The maximum Gasteiger partial charge on any atom is 0.334 e. The molecule has 0 aliphatic carbocycles. The van der Waals surface area contributed by atoms with Gasteiger partial charge in [0.2, 0.25) is 0 Å². The Hall–Kier alpha value is -2.62. The number of aryl methyl sites for hydroxylation is 1. The summed E-state index contributed by atoms with van der Waals surface area (Å²) in [4.78, 5) is 24.7. The quantitative estimate of drug-likeness (QED) is 0.529. The summed E-state index contributed by atoms with van der Waals surface area (Å²) >= 11 is 0. The summed E-state index contributed by atoms with van der Waals surface area (Å²) in [7, 11) is 2.90. The Morgan fingerprint density at radius 3 is 2.30 bits per heavy atom. The minimum atomic E-state index is -0.495. The Kier molecular flexibility index (Phi) is 8.05. The van der Waals surface area contributed by atoms with Crippen molar-refractivity contribution in [3.05, 3.63) is 68.0 Å². The molecule has 0 fully saturated rings. The normalized spacial score (nSPS) is 10.5. The number of hydrogen-bond acceptors (Lipinski definition) is 4. The van der Waals surface area contributed by atoms with E-state index in [1.54, 1.807) is 0 Å². The lowest BCUT2D eigenvalue weighted by Gasteiger charge is -2.09. The number of hydrogen-bond donors (Lipinski definition) is 0. The van der Waals surface area contributed by atoms with E-state index < -0.39 is 11.2 Å². The molecule has 1 aromatic carbocycles. The van der Waals surface area contributed by atoms with E-state index in [-0.39, 0.29) is 19.0 Å². The lowest BCUT2D eigenvalue weighted by Crippen LogP contribution is -2.41. The molecule has 0 spiro atoms. The van der Waals surface area contributed by atoms with Crippen molar-refractivity contribution in [2.24, 2.45) is 0 Å². The van der Waals surface area contributed by atoms with Crippen LogP contribution in [0.5, 0.6) is 0 Å². The molecule has 6 nitrogen and oxygen atoms in total. The lowest BCUT2D eigenvalue weighted by atomic mass is 10.1. The molecule has 1 aromatic heterocycles. The molecular weight excluding hydrogens is 344 g/mol. The number of ether oxygens (including phenoxy) is 2. The fraction of sp³-hybridized carbons (Fsp3) is 0.429. The van der Waals surface area contributed by atoms with Crippen LogP contribution in [-0.2, 0) is 29.4 Å². The summed E-state index contributed by atoms with van der Waals surface area (Å²) < 4.78 is 12.3. The van der Waals surface area contributed by atoms with Crippen molar-refractivity contribution in [2.75, 3.05) is 14.2 Å². The third-order valence-electron chi connectivity index (χ3n) is 4.13. The lowest BCUT2D eigenvalue weighted by molar-refractivity contribution is 0.105. The van der Waals surface area contributed by atoms with Gasteiger partial charge in [0.25, 0.3) is 5.56 Å². The summed E-state index contributed by atoms with van der Waals surface area (Å²) in [6.07, 6.45) is 6.10. The Morgan fingerprint density at radius 1 is 0.963 bits per heavy atom. The highest BCUT2D eigenvalue weighted by molar-refractivity contribution is 5.42. The van der Waals surface area contributed by atoms with Crippen LogP contribution < -0.4 is 11.2 Å². The SMILES string of the molecule is CCCCCc1ccc(C#Cc2cn(COC)c(=O)n(COC)c2=O)cc1. The summed E-state index contributed by atoms with van der Waals surface area (Å²) in [6.45, 7) is 2.09. The van der Waals surface area contributed by atoms with Crippen molar-refractivity contribution >= 4 is 0 Å². The molecule has 0 saturated heterocycles. The zero-order chi connectivity index (χ0) is 19.6. The number of methoxy groups -OCH3 is 2. The van der Waals surface area contributed by atoms with Crippen LogP contribution in [0, 0.1) is 11.8 Å². The van der Waals surface area contributed by atoms with Gasteiger partial charge in [0.15, 0.2) is 0 Å². The Balaban J connectivity index is 2.29. The average Bonchev–Trinajstić information content (AvgIpc) is 2.68. The Labute approximate surface area is 159 Å². The first-order valence-corrected chi connectivity index (χ1v) is 9.03. The first kappa shape index (κ1) is 20.7. The van der Waals surface area contributed by atoms with Gasteiger partial charge < -0.3 is 9.47 Å². The summed E-state index contributed by atoms with van der Waals surface area (Å²) in [5.74, 6) is 5.87. The van der Waals surface area contributed by atoms with Crippen molar-refractivity contribution in [2.45, 2.75) is 46.1 Å². The molecule has 0 radical (unpaired) electrons. The van der Waals surface area contributed by atoms with Gasteiger partial charge in [-0.15, -0.1) is 0 Å². The second-order valence-electron chi connectivity index (χ2n) is 6.27. The molecule has 27 heavy (non-hydrogen) atoms. The van der Waals surface area contributed by atoms with Crippen LogP contribution in [0.4, 0.5) is 0 Å². The van der Waals surface area contributed by atoms with E-state index in [0.29, 0.717) is 0 Å². The van der Waals surface area contributed by atoms with Gasteiger partial charge in [-0.2, -0.15) is 0 Å². The minimum absolute atomic E-state index is 0.0317. The highest BCUT2D eigenvalue weighted by Crippen LogP contribution is 2.08. The third-order valence-corrected chi connectivity index (χ3v) is 4.13. The Morgan fingerprint density at radius 2 is 1.67 bits per heavy atom. The van der Waals surface area contributed by atoms with E-state index in [0.717, 1.165) is 16.6 Å². The van der Waals surface area contributed by atoms with Gasteiger partial charge >= 0.3 is 5.69 Å². The molecule has 0 atom stereocenters. The van der Waals surface area contributed by atoms with Gasteiger partial charge in [-0.25, -0.2) is 9.36 Å². The number of rotatable bonds is 8. The predicted molar refractivity (Wildman–Crippen MR) is 105 cm³/mol. The van der Waals surface area contributed by atoms with Gasteiger partial charge in [0.1, 0.15) is 19.0 Å². The predicted octanol–water partition coefficient (Wildman–Crippen LogP) is 2.35. The number of unbranched alkanes of at least 4 members (excludes halogenated alkanes) is 2. The zero-order valence-electron chi connectivity index (χ0n) is 16.2. The second-order valence-corrected chi connectivity index (χ2v) is 6.27. The number of aromatic nitrogens is 2. The molecule has 0 saturated carbocycles. The van der Waals surface area contributed by atoms with Gasteiger partial charge in [-0.1, -0.05) is 43.7 Å². The van der Waals surface area contributed by atoms with Gasteiger partial charge in [0, 0.05) is 26.0 Å². The maximum atomic E-state index is 12.5. The average molecular weight is 370 g/mol. The molecule has 144 valence electrons. The first-order chi connectivity index (χ1) is 13.1. The van der Waals surface area contributed by atoms with E-state index >= 15 is 0 Å². The zero-order valence-corrected chi connectivity index (χ0v) is 16.2. The van der Waals surface area contributed by atoms with E-state index in [9.17, 15) is 9.59 Å². The topological polar surface area (TPSA) is 62.5 Å². The molecule has 0 bridgehead atoms. The van der Waals surface area contributed by atoms with Crippen molar-refractivity contribution in [1.29, 1.82) is 0 Å². The van der Waals surface area contributed by atoms with E-state index in [1.807, 2.05) is 12.1 Å². The standard InChI is InChI=1S/C21H26N2O4/c1-4-5-6-7-17-8-10-18(11-9-17)12-13-19-14-22(15-26-2)21(25)23(16-27-3)20(19)24/h8-11,14H,4-7,15-16H2,1-3H3. The van der Waals surface area contributed by atoms with Crippen molar-refractivity contribution in [1.82, 2.24) is 9.13 Å². The highest BCUT2D eigenvalue weighted by atomic mass is 16.5. The van der Waals surface area contributed by atoms with Crippen LogP contribution in [0.1, 0.15) is 42.9 Å². The molecule has 2 rings (SSSR count). The fourth-order valence-electron chi connectivity index (χ4n) is 2.69. The number of benzene rings is 1. The molecule has 0 amide bonds. The van der Waals surface area contributed by atoms with Crippen LogP contribution in [0.3, 0.4) is 0 Å². The molecule has 0 N–H and O–H groups in total. The largest absolute Gasteiger partial charge is 0.364 e. The summed E-state index contributed by atoms with van der Waals surface area (Å²) in [5.41, 5.74) is 1.35. The molecule has 2 aromatic rings. The molecular formula is C21H26N2O4. The van der Waals surface area contributed by atoms with Crippen molar-refractivity contribution in [3.63, 3.8) is 0 Å². The Bertz CT molecular complexity index is 914. The van der Waals surface area contributed by atoms with Gasteiger partial charge in [-0.05, 0) is 30.5 Å². The van der Waals surface area contributed by atoms with Crippen molar-refractivity contribution in [3.8, 4) is 11.8 Å². The second kappa shape index (κ2) is 10.5. The first-order valence-electron chi connectivity index (χ1n) is 9.03. The minimum Gasteiger partial charge on any atom is -0.364 e. The van der Waals surface area contributed by atoms with E-state index in [4.69, 9.17) is 9.47 Å². The monoisotopic (exact) mass is 370 g/mol. The number of nitrogens with zero attached hydrogens (tertiary/aromatic N) is 2. The van der Waals surface area contributed by atoms with E-state index in [1.165, 1.54) is 49.8 Å². The smallest absolute Gasteiger partial charge is 0.334 e. The highest BCUT2D eigenvalue weighted by Gasteiger charge is 2.09. The van der Waals surface area contributed by atoms with Gasteiger partial charge in [0.05, 0.1) is 0 Å². The summed E-state index contributed by atoms with van der Waals surface area (Å²) in [5, 5.41) is 0. The van der Waals surface area contributed by atoms with E-state index in [2.05, 4.69) is 30.9 Å².